The SMILES string of the molecule is CCCCCOC(=O)C1=C(C)N=C2CC(C)(C)CC(=O)C2C1c1ccccc1Br. The summed E-state index contributed by atoms with van der Waals surface area (Å²) < 4.78 is 6.51. The maximum Gasteiger partial charge on any atom is 0.336 e. The number of esters is 1. The first-order valence-corrected chi connectivity index (χ1v) is 11.3. The van der Waals surface area contributed by atoms with E-state index in [0.717, 1.165) is 41.4 Å². The number of ketones is 1. The molecule has 1 aromatic carbocycles. The number of aliphatic imine (C=N–C) groups is 1. The molecule has 0 spiro atoms. The normalized spacial score (nSPS) is 23.5. The van der Waals surface area contributed by atoms with E-state index in [4.69, 9.17) is 9.73 Å². The van der Waals surface area contributed by atoms with Crippen LogP contribution in [-0.2, 0) is 14.3 Å². The Morgan fingerprint density at radius 3 is 2.62 bits per heavy atom. The van der Waals surface area contributed by atoms with Gasteiger partial charge in [-0.15, -0.1) is 0 Å². The fourth-order valence-corrected chi connectivity index (χ4v) is 5.05. The number of carbonyl (C=O) groups is 2. The van der Waals surface area contributed by atoms with Gasteiger partial charge in [-0.05, 0) is 36.8 Å². The first-order chi connectivity index (χ1) is 13.7. The highest BCUT2D eigenvalue weighted by atomic mass is 79.9. The van der Waals surface area contributed by atoms with Crippen molar-refractivity contribution in [1.82, 2.24) is 0 Å². The van der Waals surface area contributed by atoms with Gasteiger partial charge in [0.2, 0.25) is 0 Å². The number of Topliss-reactive ketones (excluding diaryl/α,β-unsaturated/α-hetero) is 1. The molecule has 0 saturated heterocycles. The summed E-state index contributed by atoms with van der Waals surface area (Å²) in [5.41, 5.74) is 2.92. The van der Waals surface area contributed by atoms with Crippen LogP contribution in [0.25, 0.3) is 0 Å². The molecule has 2 unspecified atom stereocenters. The molecule has 1 heterocycles. The highest BCUT2D eigenvalue weighted by Gasteiger charge is 2.48. The van der Waals surface area contributed by atoms with Crippen molar-refractivity contribution in [2.75, 3.05) is 6.61 Å². The fourth-order valence-electron chi connectivity index (χ4n) is 4.52. The number of halogens is 1. The lowest BCUT2D eigenvalue weighted by atomic mass is 9.63. The Morgan fingerprint density at radius 2 is 1.93 bits per heavy atom. The van der Waals surface area contributed by atoms with E-state index in [-0.39, 0.29) is 23.1 Å². The Labute approximate surface area is 181 Å². The summed E-state index contributed by atoms with van der Waals surface area (Å²) in [6.45, 7) is 8.59. The zero-order chi connectivity index (χ0) is 21.2. The molecule has 1 fully saturated rings. The van der Waals surface area contributed by atoms with Crippen molar-refractivity contribution < 1.29 is 14.3 Å². The number of allylic oxidation sites excluding steroid dienone is 1. The number of hydrogen-bond acceptors (Lipinski definition) is 4. The van der Waals surface area contributed by atoms with Gasteiger partial charge < -0.3 is 4.74 Å². The molecule has 3 rings (SSSR count). The summed E-state index contributed by atoms with van der Waals surface area (Å²) in [6.07, 6.45) is 4.20. The molecular weight excluding hydrogens is 430 g/mol. The Balaban J connectivity index is 2.05. The third-order valence-electron chi connectivity index (χ3n) is 5.81. The summed E-state index contributed by atoms with van der Waals surface area (Å²) in [5, 5.41) is 0. The number of unbranched alkanes of at least 4 members (excludes halogenated alkanes) is 2. The van der Waals surface area contributed by atoms with Gasteiger partial charge in [0.1, 0.15) is 5.78 Å². The van der Waals surface area contributed by atoms with E-state index in [9.17, 15) is 9.59 Å². The average Bonchev–Trinajstić information content (AvgIpc) is 2.63. The van der Waals surface area contributed by atoms with Gasteiger partial charge in [-0.1, -0.05) is 67.7 Å². The predicted octanol–water partition coefficient (Wildman–Crippen LogP) is 6.00. The molecule has 2 atom stereocenters. The molecule has 0 amide bonds. The van der Waals surface area contributed by atoms with Crippen LogP contribution in [0.1, 0.15) is 71.3 Å². The number of benzene rings is 1. The van der Waals surface area contributed by atoms with Crippen LogP contribution in [-0.4, -0.2) is 24.1 Å². The zero-order valence-electron chi connectivity index (χ0n) is 17.8. The van der Waals surface area contributed by atoms with E-state index in [1.54, 1.807) is 0 Å². The van der Waals surface area contributed by atoms with Crippen molar-refractivity contribution in [2.24, 2.45) is 16.3 Å². The second-order valence-corrected chi connectivity index (χ2v) is 9.76. The van der Waals surface area contributed by atoms with Crippen LogP contribution in [0.2, 0.25) is 0 Å². The number of rotatable bonds is 6. The molecule has 1 aliphatic heterocycles. The summed E-state index contributed by atoms with van der Waals surface area (Å²) in [4.78, 5) is 31.1. The molecule has 0 aromatic heterocycles. The quantitative estimate of drug-likeness (QED) is 0.387. The van der Waals surface area contributed by atoms with Gasteiger partial charge in [0.25, 0.3) is 0 Å². The van der Waals surface area contributed by atoms with Crippen LogP contribution >= 0.6 is 15.9 Å². The maximum atomic E-state index is 13.2. The highest BCUT2D eigenvalue weighted by Crippen LogP contribution is 2.48. The average molecular weight is 460 g/mol. The summed E-state index contributed by atoms with van der Waals surface area (Å²) in [6, 6.07) is 7.83. The topological polar surface area (TPSA) is 55.7 Å². The summed E-state index contributed by atoms with van der Waals surface area (Å²) >= 11 is 3.63. The Morgan fingerprint density at radius 1 is 1.21 bits per heavy atom. The lowest BCUT2D eigenvalue weighted by Crippen LogP contribution is -2.44. The Hall–Kier alpha value is -1.75. The molecule has 0 radical (unpaired) electrons. The molecule has 1 saturated carbocycles. The molecule has 4 nitrogen and oxygen atoms in total. The maximum absolute atomic E-state index is 13.2. The molecule has 29 heavy (non-hydrogen) atoms. The monoisotopic (exact) mass is 459 g/mol. The smallest absolute Gasteiger partial charge is 0.336 e. The molecule has 0 bridgehead atoms. The number of fused-ring (bicyclic) bond motifs is 1. The fraction of sp³-hybridized carbons (Fsp3) is 0.542. The first-order valence-electron chi connectivity index (χ1n) is 10.5. The van der Waals surface area contributed by atoms with Gasteiger partial charge in [0.05, 0.1) is 18.1 Å². The highest BCUT2D eigenvalue weighted by molar-refractivity contribution is 9.10. The lowest BCUT2D eigenvalue weighted by Gasteiger charge is -2.41. The summed E-state index contributed by atoms with van der Waals surface area (Å²) in [7, 11) is 0. The van der Waals surface area contributed by atoms with Crippen LogP contribution in [0, 0.1) is 11.3 Å². The van der Waals surface area contributed by atoms with Gasteiger partial charge in [0.15, 0.2) is 0 Å². The van der Waals surface area contributed by atoms with Gasteiger partial charge in [-0.25, -0.2) is 4.79 Å². The van der Waals surface area contributed by atoms with Crippen molar-refractivity contribution in [3.05, 3.63) is 45.6 Å². The minimum atomic E-state index is -0.399. The Bertz CT molecular complexity index is 869. The van der Waals surface area contributed by atoms with E-state index in [1.165, 1.54) is 0 Å². The minimum Gasteiger partial charge on any atom is -0.462 e. The molecule has 0 N–H and O–H groups in total. The van der Waals surface area contributed by atoms with Gasteiger partial charge in [-0.3, -0.25) is 9.79 Å². The van der Waals surface area contributed by atoms with E-state index in [2.05, 4.69) is 36.7 Å². The first kappa shape index (κ1) is 21.9. The van der Waals surface area contributed by atoms with Crippen LogP contribution < -0.4 is 0 Å². The van der Waals surface area contributed by atoms with E-state index in [1.807, 2.05) is 31.2 Å². The molecule has 2 aliphatic rings. The van der Waals surface area contributed by atoms with Crippen molar-refractivity contribution in [3.8, 4) is 0 Å². The minimum absolute atomic E-state index is 0.108. The standard InChI is InChI=1S/C24H30BrNO3/c1-5-6-9-12-29-23(28)20-15(2)26-18-13-24(3,4)14-19(27)22(18)21(20)16-10-7-8-11-17(16)25/h7-8,10-11,21-22H,5-6,9,12-14H2,1-4H3. The van der Waals surface area contributed by atoms with Gasteiger partial charge in [0, 0.05) is 28.2 Å². The second kappa shape index (κ2) is 8.95. The molecular formula is C24H30BrNO3. The van der Waals surface area contributed by atoms with Crippen LogP contribution in [0.4, 0.5) is 0 Å². The summed E-state index contributed by atoms with van der Waals surface area (Å²) in [5.74, 6) is -0.951. The van der Waals surface area contributed by atoms with Crippen LogP contribution in [0.5, 0.6) is 0 Å². The van der Waals surface area contributed by atoms with Gasteiger partial charge >= 0.3 is 5.97 Å². The van der Waals surface area contributed by atoms with Crippen molar-refractivity contribution in [2.45, 2.75) is 65.7 Å². The molecule has 1 aliphatic carbocycles. The predicted molar refractivity (Wildman–Crippen MR) is 119 cm³/mol. The Kier molecular flexibility index (Phi) is 6.77. The third-order valence-corrected chi connectivity index (χ3v) is 6.53. The largest absolute Gasteiger partial charge is 0.462 e. The van der Waals surface area contributed by atoms with Crippen molar-refractivity contribution >= 4 is 33.4 Å². The third kappa shape index (κ3) is 4.71. The number of hydrogen-bond donors (Lipinski definition) is 0. The number of nitrogens with zero attached hydrogens (tertiary/aromatic N) is 1. The molecule has 156 valence electrons. The zero-order valence-corrected chi connectivity index (χ0v) is 19.3. The number of carbonyl (C=O) groups excluding carboxylic acids is 2. The molecule has 1 aromatic rings. The van der Waals surface area contributed by atoms with E-state index < -0.39 is 5.92 Å². The van der Waals surface area contributed by atoms with Crippen molar-refractivity contribution in [3.63, 3.8) is 0 Å². The van der Waals surface area contributed by atoms with Gasteiger partial charge in [-0.2, -0.15) is 0 Å². The number of ether oxygens (including phenoxy) is 1. The van der Waals surface area contributed by atoms with E-state index >= 15 is 0 Å². The lowest BCUT2D eigenvalue weighted by molar-refractivity contribution is -0.139. The second-order valence-electron chi connectivity index (χ2n) is 8.91. The van der Waals surface area contributed by atoms with Crippen LogP contribution in [0.3, 0.4) is 0 Å². The molecule has 5 heteroatoms. The van der Waals surface area contributed by atoms with Crippen LogP contribution in [0.15, 0.2) is 45.0 Å². The van der Waals surface area contributed by atoms with Crippen molar-refractivity contribution in [1.29, 1.82) is 0 Å². The van der Waals surface area contributed by atoms with E-state index in [0.29, 0.717) is 24.3 Å².